The molecule has 0 atom stereocenters. The maximum absolute atomic E-state index is 13.1. The highest BCUT2D eigenvalue weighted by Crippen LogP contribution is 2.25. The lowest BCUT2D eigenvalue weighted by Gasteiger charge is -2.04. The normalized spacial score (nSPS) is 10.3. The molecule has 0 unspecified atom stereocenters. The summed E-state index contributed by atoms with van der Waals surface area (Å²) in [6, 6.07) is 5.23. The SMILES string of the molecule is COCCNC(=O)Nc1nnc(SCC(=O)Nc2cccc(F)c2)s1. The summed E-state index contributed by atoms with van der Waals surface area (Å²) < 4.78 is 18.4. The number of carbonyl (C=O) groups is 2. The predicted octanol–water partition coefficient (Wildman–Crippen LogP) is 2.18. The number of hydrogen-bond donors (Lipinski definition) is 3. The fraction of sp³-hybridized carbons (Fsp3) is 0.286. The summed E-state index contributed by atoms with van der Waals surface area (Å²) in [4.78, 5) is 23.4. The molecule has 1 heterocycles. The van der Waals surface area contributed by atoms with E-state index in [0.29, 0.717) is 28.3 Å². The van der Waals surface area contributed by atoms with Gasteiger partial charge in [-0.2, -0.15) is 0 Å². The van der Waals surface area contributed by atoms with Crippen LogP contribution in [0.25, 0.3) is 0 Å². The Labute approximate surface area is 151 Å². The standard InChI is InChI=1S/C14H16FN5O3S2/c1-23-6-5-16-12(22)18-13-19-20-14(25-13)24-8-11(21)17-10-4-2-3-9(15)7-10/h2-4,7H,5-6,8H2,1H3,(H,17,21)(H2,16,18,19,22). The predicted molar refractivity (Wildman–Crippen MR) is 94.6 cm³/mol. The molecule has 0 radical (unpaired) electrons. The Bertz CT molecular complexity index is 728. The van der Waals surface area contributed by atoms with Crippen molar-refractivity contribution in [2.24, 2.45) is 0 Å². The van der Waals surface area contributed by atoms with Crippen molar-refractivity contribution in [3.63, 3.8) is 0 Å². The molecule has 3 N–H and O–H groups in total. The van der Waals surface area contributed by atoms with Crippen molar-refractivity contribution in [3.05, 3.63) is 30.1 Å². The van der Waals surface area contributed by atoms with E-state index in [2.05, 4.69) is 26.1 Å². The Hall–Kier alpha value is -2.24. The molecule has 134 valence electrons. The van der Waals surface area contributed by atoms with Crippen molar-refractivity contribution < 1.29 is 18.7 Å². The minimum absolute atomic E-state index is 0.0885. The number of nitrogens with one attached hydrogen (secondary N) is 3. The molecule has 0 bridgehead atoms. The van der Waals surface area contributed by atoms with Gasteiger partial charge < -0.3 is 15.4 Å². The molecule has 25 heavy (non-hydrogen) atoms. The topological polar surface area (TPSA) is 105 Å². The number of benzene rings is 1. The van der Waals surface area contributed by atoms with Gasteiger partial charge in [0, 0.05) is 19.3 Å². The van der Waals surface area contributed by atoms with Crippen LogP contribution in [0.4, 0.5) is 20.0 Å². The summed E-state index contributed by atoms with van der Waals surface area (Å²) in [5.41, 5.74) is 0.387. The van der Waals surface area contributed by atoms with Crippen LogP contribution < -0.4 is 16.0 Å². The number of aromatic nitrogens is 2. The number of urea groups is 1. The van der Waals surface area contributed by atoms with Crippen LogP contribution in [-0.4, -0.2) is 48.1 Å². The van der Waals surface area contributed by atoms with Gasteiger partial charge in [0.25, 0.3) is 0 Å². The second-order valence-corrected chi connectivity index (χ2v) is 6.79. The first-order valence-corrected chi connectivity index (χ1v) is 8.92. The Balaban J connectivity index is 1.75. The zero-order valence-electron chi connectivity index (χ0n) is 13.2. The van der Waals surface area contributed by atoms with Gasteiger partial charge in [-0.3, -0.25) is 10.1 Å². The second-order valence-electron chi connectivity index (χ2n) is 4.59. The van der Waals surface area contributed by atoms with Gasteiger partial charge in [-0.05, 0) is 18.2 Å². The number of amides is 3. The first-order valence-electron chi connectivity index (χ1n) is 7.12. The molecule has 2 rings (SSSR count). The first kappa shape index (κ1) is 19.1. The minimum Gasteiger partial charge on any atom is -0.383 e. The van der Waals surface area contributed by atoms with E-state index in [1.54, 1.807) is 6.07 Å². The van der Waals surface area contributed by atoms with Gasteiger partial charge in [-0.25, -0.2) is 9.18 Å². The second kappa shape index (κ2) is 9.91. The number of anilines is 2. The number of ether oxygens (including phenoxy) is 1. The summed E-state index contributed by atoms with van der Waals surface area (Å²) in [5, 5.41) is 15.7. The maximum Gasteiger partial charge on any atom is 0.321 e. The molecule has 1 aromatic carbocycles. The molecular weight excluding hydrogens is 369 g/mol. The highest BCUT2D eigenvalue weighted by atomic mass is 32.2. The van der Waals surface area contributed by atoms with Crippen LogP contribution in [-0.2, 0) is 9.53 Å². The van der Waals surface area contributed by atoms with E-state index in [1.165, 1.54) is 37.1 Å². The van der Waals surface area contributed by atoms with E-state index in [4.69, 9.17) is 4.74 Å². The summed E-state index contributed by atoms with van der Waals surface area (Å²) in [5.74, 6) is -0.628. The van der Waals surface area contributed by atoms with E-state index in [-0.39, 0.29) is 11.7 Å². The molecule has 0 spiro atoms. The third kappa shape index (κ3) is 7.03. The highest BCUT2D eigenvalue weighted by molar-refractivity contribution is 8.01. The molecule has 0 saturated carbocycles. The van der Waals surface area contributed by atoms with Gasteiger partial charge in [-0.15, -0.1) is 10.2 Å². The Morgan fingerprint density at radius 3 is 2.92 bits per heavy atom. The van der Waals surface area contributed by atoms with E-state index in [9.17, 15) is 14.0 Å². The smallest absolute Gasteiger partial charge is 0.321 e. The number of thioether (sulfide) groups is 1. The fourth-order valence-electron chi connectivity index (χ4n) is 1.62. The van der Waals surface area contributed by atoms with Gasteiger partial charge in [0.1, 0.15) is 5.82 Å². The number of carbonyl (C=O) groups excluding carboxylic acids is 2. The first-order chi connectivity index (χ1) is 12.1. The minimum atomic E-state index is -0.422. The number of methoxy groups -OCH3 is 1. The average molecular weight is 385 g/mol. The molecule has 11 heteroatoms. The summed E-state index contributed by atoms with van der Waals surface area (Å²) in [6.07, 6.45) is 0. The van der Waals surface area contributed by atoms with Crippen molar-refractivity contribution in [2.75, 3.05) is 36.6 Å². The molecule has 0 aliphatic carbocycles. The van der Waals surface area contributed by atoms with Crippen LogP contribution in [0.2, 0.25) is 0 Å². The van der Waals surface area contributed by atoms with Crippen molar-refractivity contribution in [3.8, 4) is 0 Å². The lowest BCUT2D eigenvalue weighted by molar-refractivity contribution is -0.113. The number of hydrogen-bond acceptors (Lipinski definition) is 7. The van der Waals surface area contributed by atoms with Crippen molar-refractivity contribution in [1.82, 2.24) is 15.5 Å². The fourth-order valence-corrected chi connectivity index (χ4v) is 3.16. The summed E-state index contributed by atoms with van der Waals surface area (Å²) in [6.45, 7) is 0.786. The van der Waals surface area contributed by atoms with Gasteiger partial charge in [0.15, 0.2) is 4.34 Å². The Morgan fingerprint density at radius 2 is 2.16 bits per heavy atom. The van der Waals surface area contributed by atoms with E-state index < -0.39 is 11.8 Å². The third-order valence-corrected chi connectivity index (χ3v) is 4.63. The number of nitrogens with zero attached hydrogens (tertiary/aromatic N) is 2. The van der Waals surface area contributed by atoms with Crippen molar-refractivity contribution in [2.45, 2.75) is 4.34 Å². The lowest BCUT2D eigenvalue weighted by Crippen LogP contribution is -2.31. The van der Waals surface area contributed by atoms with E-state index >= 15 is 0 Å². The van der Waals surface area contributed by atoms with Crippen LogP contribution in [0.1, 0.15) is 0 Å². The number of rotatable bonds is 8. The number of halogens is 1. The van der Waals surface area contributed by atoms with Gasteiger partial charge in [0.2, 0.25) is 11.0 Å². The largest absolute Gasteiger partial charge is 0.383 e. The van der Waals surface area contributed by atoms with E-state index in [1.807, 2.05) is 0 Å². The highest BCUT2D eigenvalue weighted by Gasteiger charge is 2.10. The third-order valence-electron chi connectivity index (χ3n) is 2.65. The van der Waals surface area contributed by atoms with Gasteiger partial charge in [-0.1, -0.05) is 29.2 Å². The molecule has 1 aromatic heterocycles. The van der Waals surface area contributed by atoms with Crippen LogP contribution in [0.3, 0.4) is 0 Å². The average Bonchev–Trinajstić information content (AvgIpc) is 3.00. The summed E-state index contributed by atoms with van der Waals surface area (Å²) in [7, 11) is 1.54. The van der Waals surface area contributed by atoms with Crippen LogP contribution in [0, 0.1) is 5.82 Å². The van der Waals surface area contributed by atoms with Crippen molar-refractivity contribution in [1.29, 1.82) is 0 Å². The zero-order valence-corrected chi connectivity index (χ0v) is 14.9. The van der Waals surface area contributed by atoms with E-state index in [0.717, 1.165) is 11.3 Å². The molecule has 8 nitrogen and oxygen atoms in total. The van der Waals surface area contributed by atoms with Crippen LogP contribution >= 0.6 is 23.1 Å². The lowest BCUT2D eigenvalue weighted by atomic mass is 10.3. The molecule has 0 aliphatic heterocycles. The van der Waals surface area contributed by atoms with Crippen LogP contribution in [0.5, 0.6) is 0 Å². The van der Waals surface area contributed by atoms with Crippen LogP contribution in [0.15, 0.2) is 28.6 Å². The quantitative estimate of drug-likeness (QED) is 0.365. The molecule has 2 aromatic rings. The maximum atomic E-state index is 13.1. The molecule has 0 aliphatic rings. The van der Waals surface area contributed by atoms with Gasteiger partial charge >= 0.3 is 6.03 Å². The molecule has 3 amide bonds. The van der Waals surface area contributed by atoms with Crippen molar-refractivity contribution >= 4 is 45.9 Å². The Kier molecular flexibility index (Phi) is 7.57. The summed E-state index contributed by atoms with van der Waals surface area (Å²) >= 11 is 2.32. The van der Waals surface area contributed by atoms with Gasteiger partial charge in [0.05, 0.1) is 12.4 Å². The Morgan fingerprint density at radius 1 is 1.32 bits per heavy atom. The zero-order chi connectivity index (χ0) is 18.1. The molecule has 0 saturated heterocycles. The molecule has 0 fully saturated rings. The monoisotopic (exact) mass is 385 g/mol. The molecular formula is C14H16FN5O3S2.